The molecule has 3 aromatic rings. The smallest absolute Gasteiger partial charge is 0.354 e. The van der Waals surface area contributed by atoms with Crippen LogP contribution in [0.4, 0.5) is 17.3 Å². The van der Waals surface area contributed by atoms with E-state index in [9.17, 15) is 10.1 Å². The number of aromatic nitrogens is 3. The van der Waals surface area contributed by atoms with Crippen molar-refractivity contribution in [3.63, 3.8) is 0 Å². The summed E-state index contributed by atoms with van der Waals surface area (Å²) in [5, 5.41) is 15.9. The van der Waals surface area contributed by atoms with Crippen LogP contribution in [0.2, 0.25) is 0 Å². The molecule has 0 aliphatic rings. The van der Waals surface area contributed by atoms with Crippen molar-refractivity contribution in [3.8, 4) is 0 Å². The average molecular weight is 297 g/mol. The van der Waals surface area contributed by atoms with Crippen LogP contribution in [0, 0.1) is 10.1 Å². The van der Waals surface area contributed by atoms with E-state index < -0.39 is 10.6 Å². The van der Waals surface area contributed by atoms with Crippen molar-refractivity contribution >= 4 is 34.4 Å². The van der Waals surface area contributed by atoms with Crippen molar-refractivity contribution in [2.75, 3.05) is 11.2 Å². The number of aromatic amines is 1. The van der Waals surface area contributed by atoms with E-state index in [0.717, 1.165) is 22.8 Å². The zero-order chi connectivity index (χ0) is 15.5. The largest absolute Gasteiger partial charge is 0.378 e. The van der Waals surface area contributed by atoms with Gasteiger partial charge in [-0.25, -0.2) is 9.97 Å². The van der Waals surface area contributed by atoms with Crippen LogP contribution in [0.1, 0.15) is 5.56 Å². The van der Waals surface area contributed by atoms with Crippen LogP contribution in [0.5, 0.6) is 0 Å². The van der Waals surface area contributed by atoms with Crippen molar-refractivity contribution in [2.45, 2.75) is 0 Å². The normalized spacial score (nSPS) is 11.1. The first-order valence-electron chi connectivity index (χ1n) is 6.27. The molecule has 110 valence electrons. The fourth-order valence-corrected chi connectivity index (χ4v) is 2.02. The number of hydrazone groups is 1. The van der Waals surface area contributed by atoms with Crippen molar-refractivity contribution < 1.29 is 4.92 Å². The number of nitrogens with zero attached hydrogens (tertiary/aromatic N) is 4. The van der Waals surface area contributed by atoms with E-state index >= 15 is 0 Å². The lowest BCUT2D eigenvalue weighted by Crippen LogP contribution is -2.04. The third kappa shape index (κ3) is 2.42. The molecule has 0 spiro atoms. The summed E-state index contributed by atoms with van der Waals surface area (Å²) < 4.78 is 0. The summed E-state index contributed by atoms with van der Waals surface area (Å²) in [6.45, 7) is 0. The van der Waals surface area contributed by atoms with Gasteiger partial charge in [0.25, 0.3) is 0 Å². The second kappa shape index (κ2) is 5.48. The van der Waals surface area contributed by atoms with Crippen LogP contribution < -0.4 is 11.2 Å². The van der Waals surface area contributed by atoms with E-state index in [2.05, 4.69) is 25.5 Å². The molecule has 0 bridgehead atoms. The number of nitrogen functional groups attached to an aromatic ring is 1. The molecule has 0 aliphatic carbocycles. The van der Waals surface area contributed by atoms with Crippen LogP contribution >= 0.6 is 0 Å². The minimum Gasteiger partial charge on any atom is -0.378 e. The van der Waals surface area contributed by atoms with E-state index in [-0.39, 0.29) is 11.6 Å². The Morgan fingerprint density at radius 2 is 2.18 bits per heavy atom. The highest BCUT2D eigenvalue weighted by Gasteiger charge is 2.20. The van der Waals surface area contributed by atoms with Gasteiger partial charge in [0.15, 0.2) is 0 Å². The number of fused-ring (bicyclic) bond motifs is 1. The minimum atomic E-state index is -0.654. The number of hydrogen-bond acceptors (Lipinski definition) is 7. The highest BCUT2D eigenvalue weighted by molar-refractivity contribution is 5.99. The lowest BCUT2D eigenvalue weighted by atomic mass is 10.2. The van der Waals surface area contributed by atoms with Gasteiger partial charge in [-0.1, -0.05) is 18.2 Å². The molecule has 9 heteroatoms. The fraction of sp³-hybridized carbons (Fsp3) is 0. The van der Waals surface area contributed by atoms with Crippen molar-refractivity contribution in [1.29, 1.82) is 0 Å². The Morgan fingerprint density at radius 1 is 1.36 bits per heavy atom. The van der Waals surface area contributed by atoms with Gasteiger partial charge in [-0.2, -0.15) is 5.10 Å². The Morgan fingerprint density at radius 3 is 3.00 bits per heavy atom. The SMILES string of the molecule is Nc1ncnc(N/N=C/c2c[nH]c3ccccc23)c1[N+](=O)[O-]. The Labute approximate surface area is 124 Å². The van der Waals surface area contributed by atoms with Gasteiger partial charge in [0.05, 0.1) is 11.1 Å². The predicted octanol–water partition coefficient (Wildman–Crippen LogP) is 1.89. The maximum absolute atomic E-state index is 11.0. The number of anilines is 2. The van der Waals surface area contributed by atoms with Crippen molar-refractivity contribution in [2.24, 2.45) is 5.10 Å². The molecule has 0 fully saturated rings. The second-order valence-electron chi connectivity index (χ2n) is 4.37. The second-order valence-corrected chi connectivity index (χ2v) is 4.37. The van der Waals surface area contributed by atoms with Crippen LogP contribution in [-0.4, -0.2) is 26.1 Å². The molecular formula is C13H11N7O2. The Kier molecular flexibility index (Phi) is 3.36. The van der Waals surface area contributed by atoms with Crippen LogP contribution in [0.25, 0.3) is 10.9 Å². The average Bonchev–Trinajstić information content (AvgIpc) is 2.90. The molecule has 1 aromatic carbocycles. The number of nitro groups is 1. The number of hydrogen-bond donors (Lipinski definition) is 3. The predicted molar refractivity (Wildman–Crippen MR) is 82.6 cm³/mol. The quantitative estimate of drug-likeness (QED) is 0.382. The van der Waals surface area contributed by atoms with E-state index in [1.807, 2.05) is 24.3 Å². The number of H-pyrrole nitrogens is 1. The summed E-state index contributed by atoms with van der Waals surface area (Å²) in [5.41, 5.74) is 9.40. The number of rotatable bonds is 4. The number of benzene rings is 1. The van der Waals surface area contributed by atoms with Gasteiger partial charge in [0, 0.05) is 22.7 Å². The summed E-state index contributed by atoms with van der Waals surface area (Å²) in [4.78, 5) is 20.8. The lowest BCUT2D eigenvalue weighted by Gasteiger charge is -2.01. The fourth-order valence-electron chi connectivity index (χ4n) is 2.02. The van der Waals surface area contributed by atoms with Crippen LogP contribution in [0.15, 0.2) is 41.9 Å². The van der Waals surface area contributed by atoms with E-state index in [0.29, 0.717) is 0 Å². The molecule has 0 saturated carbocycles. The van der Waals surface area contributed by atoms with Crippen LogP contribution in [-0.2, 0) is 0 Å². The zero-order valence-electron chi connectivity index (χ0n) is 11.2. The Balaban J connectivity index is 1.86. The highest BCUT2D eigenvalue weighted by atomic mass is 16.6. The summed E-state index contributed by atoms with van der Waals surface area (Å²) in [7, 11) is 0. The summed E-state index contributed by atoms with van der Waals surface area (Å²) in [6, 6.07) is 7.72. The molecule has 0 amide bonds. The molecule has 3 rings (SSSR count). The van der Waals surface area contributed by atoms with Gasteiger partial charge in [0.2, 0.25) is 11.6 Å². The molecule has 4 N–H and O–H groups in total. The molecule has 2 heterocycles. The van der Waals surface area contributed by atoms with Gasteiger partial charge in [-0.15, -0.1) is 0 Å². The molecule has 0 unspecified atom stereocenters. The Bertz CT molecular complexity index is 872. The summed E-state index contributed by atoms with van der Waals surface area (Å²) >= 11 is 0. The van der Waals surface area contributed by atoms with Gasteiger partial charge < -0.3 is 10.7 Å². The number of nitrogens with two attached hydrogens (primary N) is 1. The first-order valence-corrected chi connectivity index (χ1v) is 6.27. The van der Waals surface area contributed by atoms with Crippen LogP contribution in [0.3, 0.4) is 0 Å². The van der Waals surface area contributed by atoms with E-state index in [1.54, 1.807) is 12.4 Å². The van der Waals surface area contributed by atoms with Gasteiger partial charge in [0.1, 0.15) is 6.33 Å². The van der Waals surface area contributed by atoms with Gasteiger partial charge >= 0.3 is 5.69 Å². The molecule has 22 heavy (non-hydrogen) atoms. The van der Waals surface area contributed by atoms with E-state index in [1.165, 1.54) is 0 Å². The highest BCUT2D eigenvalue weighted by Crippen LogP contribution is 2.26. The molecule has 2 aromatic heterocycles. The molecule has 9 nitrogen and oxygen atoms in total. The summed E-state index contributed by atoms with van der Waals surface area (Å²) in [5.74, 6) is -0.279. The third-order valence-corrected chi connectivity index (χ3v) is 3.03. The standard InChI is InChI=1S/C13H11N7O2/c14-12-11(20(21)22)13(17-7-16-12)19-18-6-8-5-15-10-4-2-1-3-9(8)10/h1-7,15H,(H3,14,16,17,19)/b18-6+. The third-order valence-electron chi connectivity index (χ3n) is 3.03. The lowest BCUT2D eigenvalue weighted by molar-refractivity contribution is -0.383. The first kappa shape index (κ1) is 13.5. The first-order chi connectivity index (χ1) is 10.7. The molecular weight excluding hydrogens is 286 g/mol. The van der Waals surface area contributed by atoms with Crippen molar-refractivity contribution in [3.05, 3.63) is 52.5 Å². The van der Waals surface area contributed by atoms with E-state index in [4.69, 9.17) is 5.73 Å². The Hall–Kier alpha value is -3.49. The molecule has 0 atom stereocenters. The van der Waals surface area contributed by atoms with Gasteiger partial charge in [-0.3, -0.25) is 15.5 Å². The molecule has 0 aliphatic heterocycles. The number of para-hydroxylation sites is 1. The van der Waals surface area contributed by atoms with Gasteiger partial charge in [-0.05, 0) is 6.07 Å². The molecule has 0 saturated heterocycles. The van der Waals surface area contributed by atoms with Crippen molar-refractivity contribution in [1.82, 2.24) is 15.0 Å². The minimum absolute atomic E-state index is 0.0615. The molecule has 0 radical (unpaired) electrons. The number of nitrogens with one attached hydrogen (secondary N) is 2. The topological polar surface area (TPSA) is 135 Å². The maximum atomic E-state index is 11.0. The zero-order valence-corrected chi connectivity index (χ0v) is 11.2. The summed E-state index contributed by atoms with van der Waals surface area (Å²) in [6.07, 6.45) is 4.46. The monoisotopic (exact) mass is 297 g/mol. The maximum Gasteiger partial charge on any atom is 0.354 e.